The lowest BCUT2D eigenvalue weighted by molar-refractivity contribution is 0.297. The van der Waals surface area contributed by atoms with Crippen molar-refractivity contribution < 1.29 is 9.47 Å². The van der Waals surface area contributed by atoms with Gasteiger partial charge in [-0.1, -0.05) is 17.7 Å². The molecule has 0 aliphatic rings. The molecular formula is C15H16ClNO2. The second kappa shape index (κ2) is 5.85. The average Bonchev–Trinajstić information content (AvgIpc) is 2.40. The minimum atomic E-state index is 0.382. The lowest BCUT2D eigenvalue weighted by atomic mass is 10.2. The maximum Gasteiger partial charge on any atom is 0.138 e. The van der Waals surface area contributed by atoms with Crippen LogP contribution < -0.4 is 15.2 Å². The van der Waals surface area contributed by atoms with Gasteiger partial charge in [-0.2, -0.15) is 0 Å². The first-order chi connectivity index (χ1) is 9.10. The van der Waals surface area contributed by atoms with Crippen LogP contribution in [0.5, 0.6) is 11.5 Å². The van der Waals surface area contributed by atoms with Crippen molar-refractivity contribution in [3.05, 3.63) is 52.5 Å². The molecule has 19 heavy (non-hydrogen) atoms. The van der Waals surface area contributed by atoms with Gasteiger partial charge >= 0.3 is 0 Å². The molecular weight excluding hydrogens is 262 g/mol. The molecule has 0 heterocycles. The van der Waals surface area contributed by atoms with E-state index in [0.29, 0.717) is 28.8 Å². The fraction of sp³-hybridized carbons (Fsp3) is 0.200. The van der Waals surface area contributed by atoms with Crippen molar-refractivity contribution in [1.82, 2.24) is 0 Å². The fourth-order valence-electron chi connectivity index (χ4n) is 1.76. The van der Waals surface area contributed by atoms with Crippen LogP contribution in [0.15, 0.2) is 36.4 Å². The van der Waals surface area contributed by atoms with E-state index in [1.807, 2.05) is 37.3 Å². The van der Waals surface area contributed by atoms with E-state index in [0.717, 1.165) is 11.1 Å². The number of hydrogen-bond acceptors (Lipinski definition) is 3. The van der Waals surface area contributed by atoms with Crippen LogP contribution in [0.1, 0.15) is 11.1 Å². The van der Waals surface area contributed by atoms with Crippen molar-refractivity contribution in [2.45, 2.75) is 13.5 Å². The summed E-state index contributed by atoms with van der Waals surface area (Å²) in [6, 6.07) is 11.2. The van der Waals surface area contributed by atoms with E-state index in [1.165, 1.54) is 0 Å². The highest BCUT2D eigenvalue weighted by Crippen LogP contribution is 2.28. The Labute approximate surface area is 117 Å². The monoisotopic (exact) mass is 277 g/mol. The summed E-state index contributed by atoms with van der Waals surface area (Å²) < 4.78 is 11.0. The number of anilines is 1. The summed E-state index contributed by atoms with van der Waals surface area (Å²) in [6.07, 6.45) is 0. The Morgan fingerprint density at radius 2 is 1.89 bits per heavy atom. The smallest absolute Gasteiger partial charge is 0.138 e. The van der Waals surface area contributed by atoms with Crippen LogP contribution in [0.3, 0.4) is 0 Å². The van der Waals surface area contributed by atoms with Gasteiger partial charge < -0.3 is 15.2 Å². The molecule has 2 aromatic rings. The molecule has 0 spiro atoms. The SMILES string of the molecule is COc1cc(N)ccc1COc1cc(C)ccc1Cl. The van der Waals surface area contributed by atoms with Gasteiger partial charge in [0.1, 0.15) is 18.1 Å². The molecule has 0 unspecified atom stereocenters. The molecule has 0 amide bonds. The molecule has 0 atom stereocenters. The van der Waals surface area contributed by atoms with Gasteiger partial charge in [0.15, 0.2) is 0 Å². The van der Waals surface area contributed by atoms with Crippen LogP contribution in [-0.4, -0.2) is 7.11 Å². The summed E-state index contributed by atoms with van der Waals surface area (Å²) in [5, 5.41) is 0.597. The highest BCUT2D eigenvalue weighted by atomic mass is 35.5. The van der Waals surface area contributed by atoms with Crippen molar-refractivity contribution in [2.75, 3.05) is 12.8 Å². The van der Waals surface area contributed by atoms with E-state index < -0.39 is 0 Å². The first-order valence-corrected chi connectivity index (χ1v) is 6.29. The predicted molar refractivity (Wildman–Crippen MR) is 77.9 cm³/mol. The van der Waals surface area contributed by atoms with Gasteiger partial charge in [0.2, 0.25) is 0 Å². The Bertz CT molecular complexity index is 584. The number of rotatable bonds is 4. The molecule has 2 rings (SSSR count). The largest absolute Gasteiger partial charge is 0.496 e. The zero-order valence-electron chi connectivity index (χ0n) is 10.9. The van der Waals surface area contributed by atoms with E-state index in [9.17, 15) is 0 Å². The Morgan fingerprint density at radius 3 is 2.63 bits per heavy atom. The zero-order chi connectivity index (χ0) is 13.8. The van der Waals surface area contributed by atoms with Crippen LogP contribution in [-0.2, 0) is 6.61 Å². The molecule has 0 aromatic heterocycles. The number of nitrogen functional groups attached to an aromatic ring is 1. The summed E-state index contributed by atoms with van der Waals surface area (Å²) in [4.78, 5) is 0. The van der Waals surface area contributed by atoms with Gasteiger partial charge in [0, 0.05) is 17.3 Å². The van der Waals surface area contributed by atoms with Gasteiger partial charge in [-0.15, -0.1) is 0 Å². The number of benzene rings is 2. The number of aryl methyl sites for hydroxylation is 1. The van der Waals surface area contributed by atoms with E-state index in [-0.39, 0.29) is 0 Å². The van der Waals surface area contributed by atoms with Crippen molar-refractivity contribution in [1.29, 1.82) is 0 Å². The Kier molecular flexibility index (Phi) is 4.17. The first kappa shape index (κ1) is 13.6. The third-order valence-electron chi connectivity index (χ3n) is 2.78. The summed E-state index contributed by atoms with van der Waals surface area (Å²) in [5.41, 5.74) is 8.40. The number of methoxy groups -OCH3 is 1. The quantitative estimate of drug-likeness (QED) is 0.864. The second-order valence-electron chi connectivity index (χ2n) is 4.29. The minimum Gasteiger partial charge on any atom is -0.496 e. The maximum atomic E-state index is 6.09. The molecule has 100 valence electrons. The van der Waals surface area contributed by atoms with Crippen LogP contribution in [0.4, 0.5) is 5.69 Å². The first-order valence-electron chi connectivity index (χ1n) is 5.91. The van der Waals surface area contributed by atoms with Crippen molar-refractivity contribution in [3.8, 4) is 11.5 Å². The third-order valence-corrected chi connectivity index (χ3v) is 3.09. The summed E-state index contributed by atoms with van der Waals surface area (Å²) in [7, 11) is 1.61. The maximum absolute atomic E-state index is 6.09. The Balaban J connectivity index is 2.16. The van der Waals surface area contributed by atoms with Gasteiger partial charge in [-0.05, 0) is 36.8 Å². The summed E-state index contributed by atoms with van der Waals surface area (Å²) in [6.45, 7) is 2.37. The highest BCUT2D eigenvalue weighted by molar-refractivity contribution is 6.32. The van der Waals surface area contributed by atoms with Gasteiger partial charge in [0.25, 0.3) is 0 Å². The molecule has 2 aromatic carbocycles. The van der Waals surface area contributed by atoms with E-state index in [2.05, 4.69) is 0 Å². The third kappa shape index (κ3) is 3.32. The number of nitrogens with two attached hydrogens (primary N) is 1. The molecule has 0 aliphatic carbocycles. The Hall–Kier alpha value is -1.87. The number of halogens is 1. The lowest BCUT2D eigenvalue weighted by Gasteiger charge is -2.12. The predicted octanol–water partition coefficient (Wildman–Crippen LogP) is 3.82. The molecule has 0 fully saturated rings. The van der Waals surface area contributed by atoms with Gasteiger partial charge in [-0.3, -0.25) is 0 Å². The molecule has 3 nitrogen and oxygen atoms in total. The molecule has 2 N–H and O–H groups in total. The number of hydrogen-bond donors (Lipinski definition) is 1. The average molecular weight is 278 g/mol. The molecule has 0 aliphatic heterocycles. The summed E-state index contributed by atoms with van der Waals surface area (Å²) in [5.74, 6) is 1.38. The molecule has 0 radical (unpaired) electrons. The van der Waals surface area contributed by atoms with Crippen molar-refractivity contribution in [2.24, 2.45) is 0 Å². The molecule has 0 saturated carbocycles. The number of ether oxygens (including phenoxy) is 2. The standard InChI is InChI=1S/C15H16ClNO2/c1-10-3-6-13(16)15(7-10)19-9-11-4-5-12(17)8-14(11)18-2/h3-8H,9,17H2,1-2H3. The van der Waals surface area contributed by atoms with Crippen LogP contribution >= 0.6 is 11.6 Å². The minimum absolute atomic E-state index is 0.382. The molecule has 0 saturated heterocycles. The highest BCUT2D eigenvalue weighted by Gasteiger charge is 2.06. The van der Waals surface area contributed by atoms with Crippen LogP contribution in [0.25, 0.3) is 0 Å². The van der Waals surface area contributed by atoms with Gasteiger partial charge in [-0.25, -0.2) is 0 Å². The van der Waals surface area contributed by atoms with Gasteiger partial charge in [0.05, 0.1) is 12.1 Å². The lowest BCUT2D eigenvalue weighted by Crippen LogP contribution is -2.00. The van der Waals surface area contributed by atoms with E-state index in [4.69, 9.17) is 26.8 Å². The fourth-order valence-corrected chi connectivity index (χ4v) is 1.93. The van der Waals surface area contributed by atoms with E-state index >= 15 is 0 Å². The molecule has 0 bridgehead atoms. The summed E-state index contributed by atoms with van der Waals surface area (Å²) >= 11 is 6.09. The van der Waals surface area contributed by atoms with Crippen LogP contribution in [0, 0.1) is 6.92 Å². The molecule has 4 heteroatoms. The topological polar surface area (TPSA) is 44.5 Å². The van der Waals surface area contributed by atoms with Crippen molar-refractivity contribution >= 4 is 17.3 Å². The van der Waals surface area contributed by atoms with E-state index in [1.54, 1.807) is 13.2 Å². The van der Waals surface area contributed by atoms with Crippen molar-refractivity contribution in [3.63, 3.8) is 0 Å². The van der Waals surface area contributed by atoms with Crippen LogP contribution in [0.2, 0.25) is 5.02 Å². The normalized spacial score (nSPS) is 10.3. The zero-order valence-corrected chi connectivity index (χ0v) is 11.7. The Morgan fingerprint density at radius 1 is 1.11 bits per heavy atom. The second-order valence-corrected chi connectivity index (χ2v) is 4.70.